The Morgan fingerprint density at radius 2 is 1.66 bits per heavy atom. The number of halogens is 3. The van der Waals surface area contributed by atoms with Crippen molar-refractivity contribution in [1.82, 2.24) is 4.98 Å². The Bertz CT molecular complexity index is 1250. The molecule has 3 aromatic rings. The van der Waals surface area contributed by atoms with E-state index < -0.39 is 29.5 Å². The molecule has 6 nitrogen and oxygen atoms in total. The predicted molar refractivity (Wildman–Crippen MR) is 128 cm³/mol. The molecule has 35 heavy (non-hydrogen) atoms. The Hall–Kier alpha value is -3.88. The van der Waals surface area contributed by atoms with E-state index in [4.69, 9.17) is 4.74 Å². The van der Waals surface area contributed by atoms with Gasteiger partial charge in [-0.15, -0.1) is 0 Å². The molecule has 0 radical (unpaired) electrons. The van der Waals surface area contributed by atoms with E-state index in [0.717, 1.165) is 23.3 Å². The normalized spacial score (nSPS) is 11.7. The quantitative estimate of drug-likeness (QED) is 0.421. The lowest BCUT2D eigenvalue weighted by Gasteiger charge is -2.27. The molecule has 0 saturated carbocycles. The highest BCUT2D eigenvalue weighted by molar-refractivity contribution is 6.17. The second-order valence-corrected chi connectivity index (χ2v) is 9.04. The molecule has 1 aromatic heterocycles. The highest BCUT2D eigenvalue weighted by Gasteiger charge is 2.34. The average molecular weight is 486 g/mol. The largest absolute Gasteiger partial charge is 0.443 e. The van der Waals surface area contributed by atoms with Crippen LogP contribution in [-0.2, 0) is 10.9 Å². The maximum atomic E-state index is 13.5. The molecule has 3 amide bonds. The zero-order valence-corrected chi connectivity index (χ0v) is 20.0. The molecule has 1 N–H and O–H groups in total. The molecule has 9 heteroatoms. The van der Waals surface area contributed by atoms with Crippen molar-refractivity contribution in [3.8, 4) is 11.1 Å². The van der Waals surface area contributed by atoms with Gasteiger partial charge in [0.1, 0.15) is 5.60 Å². The summed E-state index contributed by atoms with van der Waals surface area (Å²) in [6, 6.07) is 11.2. The molecule has 184 valence electrons. The fraction of sp³-hybridized carbons (Fsp3) is 0.269. The molecule has 0 saturated heterocycles. The summed E-state index contributed by atoms with van der Waals surface area (Å²) in [6.07, 6.45) is -2.82. The molecule has 3 rings (SSSR count). The monoisotopic (exact) mass is 485 g/mol. The lowest BCUT2D eigenvalue weighted by molar-refractivity contribution is -0.137. The van der Waals surface area contributed by atoms with Gasteiger partial charge in [-0.25, -0.2) is 9.59 Å². The summed E-state index contributed by atoms with van der Waals surface area (Å²) in [6.45, 7) is 8.13. The van der Waals surface area contributed by atoms with E-state index >= 15 is 0 Å². The second kappa shape index (κ2) is 9.77. The Morgan fingerprint density at radius 1 is 0.971 bits per heavy atom. The lowest BCUT2D eigenvalue weighted by Crippen LogP contribution is -2.43. The van der Waals surface area contributed by atoms with Crippen molar-refractivity contribution in [2.75, 3.05) is 10.2 Å². The van der Waals surface area contributed by atoms with Crippen molar-refractivity contribution in [2.24, 2.45) is 0 Å². The number of carbonyl (C=O) groups excluding carboxylic acids is 2. The van der Waals surface area contributed by atoms with Gasteiger partial charge in [-0.05, 0) is 75.6 Å². The van der Waals surface area contributed by atoms with Gasteiger partial charge in [-0.2, -0.15) is 18.1 Å². The minimum atomic E-state index is -4.67. The van der Waals surface area contributed by atoms with Crippen LogP contribution >= 0.6 is 0 Å². The summed E-state index contributed by atoms with van der Waals surface area (Å²) in [5, 5.41) is 2.62. The van der Waals surface area contributed by atoms with Crippen LogP contribution in [0, 0.1) is 13.8 Å². The first-order valence-corrected chi connectivity index (χ1v) is 10.8. The third-order valence-electron chi connectivity index (χ3n) is 4.92. The van der Waals surface area contributed by atoms with Gasteiger partial charge in [0, 0.05) is 11.8 Å². The van der Waals surface area contributed by atoms with Gasteiger partial charge < -0.3 is 10.1 Å². The van der Waals surface area contributed by atoms with Crippen molar-refractivity contribution in [2.45, 2.75) is 46.4 Å². The van der Waals surface area contributed by atoms with E-state index in [1.165, 1.54) is 19.2 Å². The van der Waals surface area contributed by atoms with E-state index in [2.05, 4.69) is 10.3 Å². The number of nitrogens with zero attached hydrogens (tertiary/aromatic N) is 2. The van der Waals surface area contributed by atoms with Gasteiger partial charge in [-0.3, -0.25) is 4.98 Å². The first-order valence-electron chi connectivity index (χ1n) is 10.8. The Balaban J connectivity index is 2.07. The van der Waals surface area contributed by atoms with E-state index in [1.807, 2.05) is 31.2 Å². The minimum absolute atomic E-state index is 0.221. The Morgan fingerprint density at radius 3 is 2.29 bits per heavy atom. The fourth-order valence-electron chi connectivity index (χ4n) is 3.44. The SMILES string of the molecule is Cc1cc(N(C(=O)Nc2cnccc2-c2ccccc2C)C(=O)OC(C)(C)C)cc(C(F)(F)F)c1. The Kier molecular flexibility index (Phi) is 7.19. The molecule has 0 spiro atoms. The highest BCUT2D eigenvalue weighted by atomic mass is 19.4. The van der Waals surface area contributed by atoms with Gasteiger partial charge in [0.25, 0.3) is 0 Å². The number of ether oxygens (including phenoxy) is 1. The van der Waals surface area contributed by atoms with E-state index in [0.29, 0.717) is 10.5 Å². The zero-order valence-electron chi connectivity index (χ0n) is 20.0. The van der Waals surface area contributed by atoms with Gasteiger partial charge in [0.2, 0.25) is 0 Å². The molecule has 0 fully saturated rings. The van der Waals surface area contributed by atoms with Crippen LogP contribution in [0.5, 0.6) is 0 Å². The van der Waals surface area contributed by atoms with Crippen LogP contribution in [0.2, 0.25) is 0 Å². The van der Waals surface area contributed by atoms with Crippen LogP contribution in [-0.4, -0.2) is 22.7 Å². The van der Waals surface area contributed by atoms with Crippen molar-refractivity contribution < 1.29 is 27.5 Å². The number of aromatic nitrogens is 1. The minimum Gasteiger partial charge on any atom is -0.443 e. The fourth-order valence-corrected chi connectivity index (χ4v) is 3.44. The first-order chi connectivity index (χ1) is 16.3. The van der Waals surface area contributed by atoms with Crippen molar-refractivity contribution in [3.63, 3.8) is 0 Å². The third-order valence-corrected chi connectivity index (χ3v) is 4.92. The molecule has 2 aromatic carbocycles. The zero-order chi connectivity index (χ0) is 26.0. The number of urea groups is 1. The number of hydrogen-bond acceptors (Lipinski definition) is 4. The summed E-state index contributed by atoms with van der Waals surface area (Å²) in [4.78, 5) is 31.0. The van der Waals surface area contributed by atoms with Crippen LogP contribution in [0.4, 0.5) is 34.1 Å². The number of imide groups is 1. The van der Waals surface area contributed by atoms with Gasteiger partial charge in [-0.1, -0.05) is 24.3 Å². The maximum Gasteiger partial charge on any atom is 0.423 e. The summed E-state index contributed by atoms with van der Waals surface area (Å²) >= 11 is 0. The number of carbonyl (C=O) groups is 2. The Labute approximate surface area is 201 Å². The summed E-state index contributed by atoms with van der Waals surface area (Å²) in [5.74, 6) is 0. The number of rotatable bonds is 3. The average Bonchev–Trinajstić information content (AvgIpc) is 2.72. The van der Waals surface area contributed by atoms with Gasteiger partial charge >= 0.3 is 18.3 Å². The van der Waals surface area contributed by atoms with Crippen LogP contribution in [0.1, 0.15) is 37.5 Å². The van der Waals surface area contributed by atoms with Gasteiger partial charge in [0.15, 0.2) is 0 Å². The van der Waals surface area contributed by atoms with E-state index in [9.17, 15) is 22.8 Å². The molecular weight excluding hydrogens is 459 g/mol. The van der Waals surface area contributed by atoms with Crippen LogP contribution < -0.4 is 10.2 Å². The topological polar surface area (TPSA) is 71.5 Å². The van der Waals surface area contributed by atoms with Crippen LogP contribution in [0.25, 0.3) is 11.1 Å². The summed E-state index contributed by atoms with van der Waals surface area (Å²) in [5.41, 5.74) is 0.641. The van der Waals surface area contributed by atoms with E-state index in [1.54, 1.807) is 33.0 Å². The number of nitrogens with one attached hydrogen (secondary N) is 1. The number of benzene rings is 2. The standard InChI is InChI=1S/C26H26F3N3O3/c1-16-12-18(26(27,28)29)14-19(13-16)32(24(34)35-25(3,4)5)23(33)31-22-15-30-11-10-21(22)20-9-7-6-8-17(20)2/h6-15H,1-5H3,(H,31,33). The predicted octanol–water partition coefficient (Wildman–Crippen LogP) is 7.36. The summed E-state index contributed by atoms with van der Waals surface area (Å²) in [7, 11) is 0. The molecule has 0 atom stereocenters. The van der Waals surface area contributed by atoms with Crippen molar-refractivity contribution in [3.05, 3.63) is 77.6 Å². The highest BCUT2D eigenvalue weighted by Crippen LogP contribution is 2.34. The van der Waals surface area contributed by atoms with Crippen molar-refractivity contribution >= 4 is 23.5 Å². The van der Waals surface area contributed by atoms with Crippen LogP contribution in [0.15, 0.2) is 60.9 Å². The number of hydrogen-bond donors (Lipinski definition) is 1. The number of pyridine rings is 1. The van der Waals surface area contributed by atoms with Crippen molar-refractivity contribution in [1.29, 1.82) is 0 Å². The van der Waals surface area contributed by atoms with E-state index in [-0.39, 0.29) is 16.9 Å². The molecular formula is C26H26F3N3O3. The molecule has 0 aliphatic rings. The third kappa shape index (κ3) is 6.38. The lowest BCUT2D eigenvalue weighted by atomic mass is 10.0. The number of amides is 3. The summed E-state index contributed by atoms with van der Waals surface area (Å²) < 4.78 is 45.7. The first kappa shape index (κ1) is 25.7. The maximum absolute atomic E-state index is 13.5. The second-order valence-electron chi connectivity index (χ2n) is 9.04. The molecule has 0 aliphatic heterocycles. The number of anilines is 2. The molecule has 1 heterocycles. The number of alkyl halides is 3. The molecule has 0 unspecified atom stereocenters. The molecule has 0 aliphatic carbocycles. The molecule has 0 bridgehead atoms. The number of aryl methyl sites for hydroxylation is 2. The van der Waals surface area contributed by atoms with Gasteiger partial charge in [0.05, 0.1) is 23.1 Å². The smallest absolute Gasteiger partial charge is 0.423 e. The van der Waals surface area contributed by atoms with Crippen LogP contribution in [0.3, 0.4) is 0 Å².